The van der Waals surface area contributed by atoms with Crippen LogP contribution in [0.3, 0.4) is 0 Å². The molecule has 8 heteroatoms. The number of pyridine rings is 1. The average Bonchev–Trinajstić information content (AvgIpc) is 3.51. The van der Waals surface area contributed by atoms with Gasteiger partial charge in [0, 0.05) is 24.4 Å². The molecule has 0 atom stereocenters. The quantitative estimate of drug-likeness (QED) is 0.329. The van der Waals surface area contributed by atoms with Crippen molar-refractivity contribution in [1.29, 1.82) is 0 Å². The number of benzene rings is 2. The third kappa shape index (κ3) is 4.52. The highest BCUT2D eigenvalue weighted by Gasteiger charge is 2.28. The van der Waals surface area contributed by atoms with Crippen LogP contribution in [-0.4, -0.2) is 37.8 Å². The molecular weight excluding hydrogens is 480 g/mol. The summed E-state index contributed by atoms with van der Waals surface area (Å²) in [7, 11) is -0.607. The van der Waals surface area contributed by atoms with Gasteiger partial charge in [0.1, 0.15) is 6.61 Å². The van der Waals surface area contributed by atoms with Crippen LogP contribution in [0.4, 0.5) is 0 Å². The number of carbonyl (C=O) groups is 1. The summed E-state index contributed by atoms with van der Waals surface area (Å²) >= 11 is 1.67. The molecule has 0 unspecified atom stereocenters. The van der Waals surface area contributed by atoms with Crippen molar-refractivity contribution in [2.45, 2.75) is 24.3 Å². The van der Waals surface area contributed by atoms with Crippen LogP contribution < -0.4 is 0 Å². The van der Waals surface area contributed by atoms with Crippen LogP contribution in [0, 0.1) is 0 Å². The van der Waals surface area contributed by atoms with Crippen molar-refractivity contribution in [2.75, 3.05) is 14.1 Å². The highest BCUT2D eigenvalue weighted by Crippen LogP contribution is 2.38. The van der Waals surface area contributed by atoms with E-state index in [1.807, 2.05) is 35.7 Å². The molecule has 2 aromatic carbocycles. The molecule has 0 saturated heterocycles. The van der Waals surface area contributed by atoms with Crippen LogP contribution in [-0.2, 0) is 27.8 Å². The lowest BCUT2D eigenvalue weighted by molar-refractivity contribution is 0.0473. The minimum atomic E-state index is -3.58. The summed E-state index contributed by atoms with van der Waals surface area (Å²) in [5.41, 5.74) is 4.76. The number of esters is 1. The second kappa shape index (κ2) is 9.37. The number of hydrogen-bond donors (Lipinski definition) is 0. The molecule has 1 aliphatic rings. The minimum Gasteiger partial charge on any atom is -0.457 e. The van der Waals surface area contributed by atoms with E-state index in [1.54, 1.807) is 29.5 Å². The van der Waals surface area contributed by atoms with Crippen LogP contribution in [0.25, 0.3) is 22.6 Å². The Morgan fingerprint density at radius 3 is 2.69 bits per heavy atom. The van der Waals surface area contributed by atoms with Gasteiger partial charge in [0.05, 0.1) is 21.7 Å². The zero-order chi connectivity index (χ0) is 24.6. The maximum atomic E-state index is 13.4. The number of para-hydroxylation sites is 1. The molecule has 178 valence electrons. The maximum absolute atomic E-state index is 13.4. The zero-order valence-electron chi connectivity index (χ0n) is 19.4. The zero-order valence-corrected chi connectivity index (χ0v) is 21.0. The van der Waals surface area contributed by atoms with Gasteiger partial charge in [0.25, 0.3) is 0 Å². The van der Waals surface area contributed by atoms with Gasteiger partial charge >= 0.3 is 5.97 Å². The van der Waals surface area contributed by atoms with Crippen LogP contribution >= 0.6 is 11.3 Å². The number of hydrogen-bond acceptors (Lipinski definition) is 6. The van der Waals surface area contributed by atoms with E-state index < -0.39 is 16.0 Å². The van der Waals surface area contributed by atoms with E-state index >= 15 is 0 Å². The molecule has 0 saturated carbocycles. The van der Waals surface area contributed by atoms with Gasteiger partial charge in [0.2, 0.25) is 10.0 Å². The van der Waals surface area contributed by atoms with Gasteiger partial charge in [-0.2, -0.15) is 0 Å². The lowest BCUT2D eigenvalue weighted by Crippen LogP contribution is -2.22. The number of aromatic nitrogens is 1. The Hall–Kier alpha value is -3.33. The molecule has 0 N–H and O–H groups in total. The lowest BCUT2D eigenvalue weighted by atomic mass is 10.0. The number of carbonyl (C=O) groups excluding carboxylic acids is 1. The highest BCUT2D eigenvalue weighted by molar-refractivity contribution is 7.89. The molecule has 4 aromatic rings. The van der Waals surface area contributed by atoms with E-state index in [0.717, 1.165) is 43.3 Å². The first-order chi connectivity index (χ1) is 16.8. The first-order valence-corrected chi connectivity index (χ1v) is 13.5. The molecule has 0 fully saturated rings. The standard InChI is InChI=1S/C27H24N2O4S2/c1-29(2)35(31,32)21-9-5-7-18(15-21)17-33-27(30)25-22-10-3-4-11-24(22)28-26-19(12-13-23(25)26)16-20-8-6-14-34-20/h3-11,14-16H,12-13,17H2,1-2H3/b19-16-. The Bertz CT molecular complexity index is 1560. The van der Waals surface area contributed by atoms with Crippen molar-refractivity contribution in [1.82, 2.24) is 9.29 Å². The van der Waals surface area contributed by atoms with Crippen molar-refractivity contribution < 1.29 is 17.9 Å². The van der Waals surface area contributed by atoms with Crippen molar-refractivity contribution in [3.8, 4) is 0 Å². The van der Waals surface area contributed by atoms with E-state index in [2.05, 4.69) is 12.1 Å². The van der Waals surface area contributed by atoms with E-state index in [4.69, 9.17) is 9.72 Å². The van der Waals surface area contributed by atoms with E-state index in [-0.39, 0.29) is 11.5 Å². The molecule has 35 heavy (non-hydrogen) atoms. The summed E-state index contributed by atoms with van der Waals surface area (Å²) < 4.78 is 31.8. The fourth-order valence-electron chi connectivity index (χ4n) is 4.28. The topological polar surface area (TPSA) is 76.6 Å². The number of sulfonamides is 1. The third-order valence-electron chi connectivity index (χ3n) is 6.05. The summed E-state index contributed by atoms with van der Waals surface area (Å²) in [6.07, 6.45) is 3.66. The maximum Gasteiger partial charge on any atom is 0.339 e. The molecule has 0 bridgehead atoms. The number of thiophene rings is 1. The highest BCUT2D eigenvalue weighted by atomic mass is 32.2. The first-order valence-electron chi connectivity index (χ1n) is 11.2. The normalized spacial score (nSPS) is 14.5. The fourth-order valence-corrected chi connectivity index (χ4v) is 5.94. The predicted octanol–water partition coefficient (Wildman–Crippen LogP) is 5.39. The third-order valence-corrected chi connectivity index (χ3v) is 8.68. The molecule has 0 aliphatic heterocycles. The first kappa shape index (κ1) is 23.4. The molecule has 0 spiro atoms. The summed E-state index contributed by atoms with van der Waals surface area (Å²) in [5.74, 6) is -0.432. The predicted molar refractivity (Wildman–Crippen MR) is 139 cm³/mol. The van der Waals surface area contributed by atoms with Gasteiger partial charge < -0.3 is 4.74 Å². The van der Waals surface area contributed by atoms with Crippen LogP contribution in [0.5, 0.6) is 0 Å². The van der Waals surface area contributed by atoms with Crippen molar-refractivity contribution in [3.05, 3.63) is 93.3 Å². The number of ether oxygens (including phenoxy) is 1. The Balaban J connectivity index is 1.48. The molecule has 2 heterocycles. The smallest absolute Gasteiger partial charge is 0.339 e. The molecule has 6 nitrogen and oxygen atoms in total. The second-order valence-electron chi connectivity index (χ2n) is 8.53. The number of allylic oxidation sites excluding steroid dienone is 1. The van der Waals surface area contributed by atoms with Crippen molar-refractivity contribution in [2.24, 2.45) is 0 Å². The van der Waals surface area contributed by atoms with Gasteiger partial charge in [0.15, 0.2) is 0 Å². The SMILES string of the molecule is CN(C)S(=O)(=O)c1cccc(COC(=O)c2c3c(nc4ccccc24)/C(=C\c2cccs2)CC3)c1. The minimum absolute atomic E-state index is 0.0288. The van der Waals surface area contributed by atoms with E-state index in [9.17, 15) is 13.2 Å². The molecule has 0 radical (unpaired) electrons. The molecule has 1 aliphatic carbocycles. The summed E-state index contributed by atoms with van der Waals surface area (Å²) in [6.45, 7) is -0.0288. The number of rotatable bonds is 6. The number of nitrogens with zero attached hydrogens (tertiary/aromatic N) is 2. The molecule has 0 amide bonds. The summed E-state index contributed by atoms with van der Waals surface area (Å²) in [6, 6.07) is 18.2. The van der Waals surface area contributed by atoms with E-state index in [1.165, 1.54) is 20.2 Å². The molecule has 2 aromatic heterocycles. The fraction of sp³-hybridized carbons (Fsp3) is 0.185. The van der Waals surface area contributed by atoms with Gasteiger partial charge in [-0.15, -0.1) is 11.3 Å². The van der Waals surface area contributed by atoms with Crippen LogP contribution in [0.2, 0.25) is 0 Å². The van der Waals surface area contributed by atoms with E-state index in [0.29, 0.717) is 17.5 Å². The Morgan fingerprint density at radius 2 is 1.91 bits per heavy atom. The molecular formula is C27H24N2O4S2. The van der Waals surface area contributed by atoms with Gasteiger partial charge in [-0.3, -0.25) is 0 Å². The largest absolute Gasteiger partial charge is 0.457 e. The second-order valence-corrected chi connectivity index (χ2v) is 11.7. The van der Waals surface area contributed by atoms with Gasteiger partial charge in [-0.1, -0.05) is 36.4 Å². The van der Waals surface area contributed by atoms with Crippen molar-refractivity contribution in [3.63, 3.8) is 0 Å². The van der Waals surface area contributed by atoms with Gasteiger partial charge in [-0.25, -0.2) is 22.5 Å². The Labute approximate surface area is 208 Å². The number of fused-ring (bicyclic) bond motifs is 2. The van der Waals surface area contributed by atoms with Crippen LogP contribution in [0.1, 0.15) is 38.5 Å². The Morgan fingerprint density at radius 1 is 1.09 bits per heavy atom. The summed E-state index contributed by atoms with van der Waals surface area (Å²) in [4.78, 5) is 19.6. The summed E-state index contributed by atoms with van der Waals surface area (Å²) in [5, 5.41) is 2.80. The lowest BCUT2D eigenvalue weighted by Gasteiger charge is -2.14. The van der Waals surface area contributed by atoms with Gasteiger partial charge in [-0.05, 0) is 65.3 Å². The monoisotopic (exact) mass is 504 g/mol. The molecule has 5 rings (SSSR count). The Kier molecular flexibility index (Phi) is 6.27. The van der Waals surface area contributed by atoms with Crippen LogP contribution in [0.15, 0.2) is 70.9 Å². The van der Waals surface area contributed by atoms with Crippen molar-refractivity contribution >= 4 is 49.9 Å². The average molecular weight is 505 g/mol.